The van der Waals surface area contributed by atoms with Crippen molar-refractivity contribution < 1.29 is 19.1 Å². The van der Waals surface area contributed by atoms with E-state index < -0.39 is 16.3 Å². The number of aromatic nitrogens is 2. The number of nitro groups is 1. The average molecular weight is 399 g/mol. The SMILES string of the molecule is COc1cc(C2C(C#N)=C(N)Oc3n[nH]c(C(C)(C)C)c32)c([N+](=O)[O-])cc1OC. The molecule has 0 radical (unpaired) electrons. The van der Waals surface area contributed by atoms with Crippen LogP contribution in [0.25, 0.3) is 0 Å². The van der Waals surface area contributed by atoms with E-state index >= 15 is 0 Å². The van der Waals surface area contributed by atoms with Crippen molar-refractivity contribution in [2.24, 2.45) is 5.73 Å². The fourth-order valence-corrected chi connectivity index (χ4v) is 3.40. The van der Waals surface area contributed by atoms with Gasteiger partial charge in [0.2, 0.25) is 11.8 Å². The molecule has 1 aromatic heterocycles. The molecule has 10 nitrogen and oxygen atoms in total. The van der Waals surface area contributed by atoms with Crippen molar-refractivity contribution in [3.63, 3.8) is 0 Å². The molecule has 0 bridgehead atoms. The number of H-pyrrole nitrogens is 1. The summed E-state index contributed by atoms with van der Waals surface area (Å²) >= 11 is 0. The highest BCUT2D eigenvalue weighted by Gasteiger charge is 2.41. The number of rotatable bonds is 4. The van der Waals surface area contributed by atoms with E-state index in [1.807, 2.05) is 26.8 Å². The minimum Gasteiger partial charge on any atom is -0.493 e. The highest BCUT2D eigenvalue weighted by molar-refractivity contribution is 5.64. The lowest BCUT2D eigenvalue weighted by Gasteiger charge is -2.27. The van der Waals surface area contributed by atoms with Gasteiger partial charge in [0.05, 0.1) is 36.7 Å². The van der Waals surface area contributed by atoms with Gasteiger partial charge in [-0.1, -0.05) is 20.8 Å². The summed E-state index contributed by atoms with van der Waals surface area (Å²) < 4.78 is 16.1. The number of nitriles is 1. The Balaban J connectivity index is 2.40. The van der Waals surface area contributed by atoms with Crippen molar-refractivity contribution in [1.29, 1.82) is 5.26 Å². The number of hydrogen-bond donors (Lipinski definition) is 2. The molecule has 3 rings (SSSR count). The predicted molar refractivity (Wildman–Crippen MR) is 103 cm³/mol. The van der Waals surface area contributed by atoms with Gasteiger partial charge in [-0.2, -0.15) is 5.26 Å². The van der Waals surface area contributed by atoms with E-state index in [4.69, 9.17) is 19.9 Å². The minimum atomic E-state index is -0.864. The molecule has 1 aromatic carbocycles. The lowest BCUT2D eigenvalue weighted by Crippen LogP contribution is -2.24. The van der Waals surface area contributed by atoms with Crippen LogP contribution in [0.15, 0.2) is 23.6 Å². The van der Waals surface area contributed by atoms with Gasteiger partial charge in [-0.05, 0) is 6.07 Å². The number of allylic oxidation sites excluding steroid dienone is 1. The number of methoxy groups -OCH3 is 2. The van der Waals surface area contributed by atoms with E-state index in [0.717, 1.165) is 0 Å². The van der Waals surface area contributed by atoms with Crippen LogP contribution in [0.5, 0.6) is 17.4 Å². The number of hydrogen-bond acceptors (Lipinski definition) is 8. The summed E-state index contributed by atoms with van der Waals surface area (Å²) in [5, 5.41) is 28.7. The first kappa shape index (κ1) is 20.0. The lowest BCUT2D eigenvalue weighted by molar-refractivity contribution is -0.385. The number of fused-ring (bicyclic) bond motifs is 1. The predicted octanol–water partition coefficient (Wildman–Crippen LogP) is 2.85. The van der Waals surface area contributed by atoms with Crippen LogP contribution in [0.3, 0.4) is 0 Å². The van der Waals surface area contributed by atoms with Crippen LogP contribution < -0.4 is 19.9 Å². The third kappa shape index (κ3) is 3.20. The molecular formula is C19H21N5O5. The first-order valence-corrected chi connectivity index (χ1v) is 8.70. The van der Waals surface area contributed by atoms with Gasteiger partial charge in [0.1, 0.15) is 11.6 Å². The molecule has 29 heavy (non-hydrogen) atoms. The fourth-order valence-electron chi connectivity index (χ4n) is 3.40. The van der Waals surface area contributed by atoms with Crippen molar-refractivity contribution in [2.75, 3.05) is 14.2 Å². The maximum Gasteiger partial charge on any atom is 0.277 e. The standard InChI is InChI=1S/C19H21N5O5/c1-19(2,3)16-15-14(10(8-20)17(21)29-18(15)23-22-16)9-6-12(27-4)13(28-5)7-11(9)24(25)26/h6-7,14H,21H2,1-5H3,(H,22,23). The van der Waals surface area contributed by atoms with Crippen molar-refractivity contribution in [2.45, 2.75) is 32.1 Å². The number of aromatic amines is 1. The largest absolute Gasteiger partial charge is 0.493 e. The number of ether oxygens (including phenoxy) is 3. The monoisotopic (exact) mass is 399 g/mol. The van der Waals surface area contributed by atoms with Crippen LogP contribution in [-0.4, -0.2) is 29.3 Å². The first-order valence-electron chi connectivity index (χ1n) is 8.70. The molecule has 1 aliphatic heterocycles. The molecule has 10 heteroatoms. The second kappa shape index (κ2) is 7.01. The molecule has 0 saturated heterocycles. The molecule has 0 aliphatic carbocycles. The van der Waals surface area contributed by atoms with Gasteiger partial charge in [-0.3, -0.25) is 15.2 Å². The van der Waals surface area contributed by atoms with E-state index in [0.29, 0.717) is 11.3 Å². The summed E-state index contributed by atoms with van der Waals surface area (Å²) in [4.78, 5) is 11.3. The molecule has 2 aromatic rings. The second-order valence-electron chi connectivity index (χ2n) is 7.52. The quantitative estimate of drug-likeness (QED) is 0.588. The zero-order chi connectivity index (χ0) is 21.5. The van der Waals surface area contributed by atoms with Gasteiger partial charge < -0.3 is 19.9 Å². The summed E-state index contributed by atoms with van der Waals surface area (Å²) in [6.45, 7) is 5.86. The number of nitrogens with zero attached hydrogens (tertiary/aromatic N) is 3. The summed E-state index contributed by atoms with van der Waals surface area (Å²) in [5.41, 5.74) is 6.81. The Morgan fingerprint density at radius 3 is 2.45 bits per heavy atom. The Hall–Kier alpha value is -3.74. The molecule has 0 saturated carbocycles. The Labute approximate surface area is 167 Å². The fraction of sp³-hybridized carbons (Fsp3) is 0.368. The number of nitrogens with two attached hydrogens (primary N) is 1. The zero-order valence-electron chi connectivity index (χ0n) is 16.7. The smallest absolute Gasteiger partial charge is 0.277 e. The van der Waals surface area contributed by atoms with Crippen LogP contribution in [-0.2, 0) is 5.41 Å². The lowest BCUT2D eigenvalue weighted by atomic mass is 9.78. The van der Waals surface area contributed by atoms with Gasteiger partial charge in [-0.15, -0.1) is 5.10 Å². The first-order chi connectivity index (χ1) is 13.6. The van der Waals surface area contributed by atoms with Crippen LogP contribution in [0.1, 0.15) is 43.5 Å². The van der Waals surface area contributed by atoms with E-state index in [2.05, 4.69) is 10.2 Å². The topological polar surface area (TPSA) is 149 Å². The van der Waals surface area contributed by atoms with E-state index in [1.54, 1.807) is 0 Å². The summed E-state index contributed by atoms with van der Waals surface area (Å²) in [5.74, 6) is -0.342. The Morgan fingerprint density at radius 1 is 1.31 bits per heavy atom. The summed E-state index contributed by atoms with van der Waals surface area (Å²) in [6.07, 6.45) is 0. The van der Waals surface area contributed by atoms with Crippen molar-refractivity contribution in [1.82, 2.24) is 10.2 Å². The van der Waals surface area contributed by atoms with E-state index in [-0.39, 0.29) is 40.1 Å². The average Bonchev–Trinajstić information content (AvgIpc) is 3.09. The van der Waals surface area contributed by atoms with Crippen molar-refractivity contribution >= 4 is 5.69 Å². The maximum atomic E-state index is 11.9. The van der Waals surface area contributed by atoms with Gasteiger partial charge in [0.25, 0.3) is 5.69 Å². The minimum absolute atomic E-state index is 0.0553. The van der Waals surface area contributed by atoms with E-state index in [9.17, 15) is 15.4 Å². The maximum absolute atomic E-state index is 11.9. The summed E-state index contributed by atoms with van der Waals surface area (Å²) in [7, 11) is 2.82. The summed E-state index contributed by atoms with van der Waals surface area (Å²) in [6, 6.07) is 4.79. The molecule has 0 amide bonds. The highest BCUT2D eigenvalue weighted by Crippen LogP contribution is 2.49. The molecular weight excluding hydrogens is 378 g/mol. The Kier molecular flexibility index (Phi) is 4.84. The molecule has 3 N–H and O–H groups in total. The van der Waals surface area contributed by atoms with Crippen molar-refractivity contribution in [3.8, 4) is 23.4 Å². The van der Waals surface area contributed by atoms with Gasteiger partial charge in [0.15, 0.2) is 11.5 Å². The molecule has 0 spiro atoms. The van der Waals surface area contributed by atoms with Gasteiger partial charge >= 0.3 is 0 Å². The van der Waals surface area contributed by atoms with Crippen LogP contribution in [0.4, 0.5) is 5.69 Å². The molecule has 152 valence electrons. The Bertz CT molecular complexity index is 1060. The highest BCUT2D eigenvalue weighted by atomic mass is 16.6. The molecule has 0 fully saturated rings. The van der Waals surface area contributed by atoms with Crippen LogP contribution in [0, 0.1) is 21.4 Å². The van der Waals surface area contributed by atoms with Crippen LogP contribution in [0.2, 0.25) is 0 Å². The van der Waals surface area contributed by atoms with Crippen molar-refractivity contribution in [3.05, 3.63) is 50.5 Å². The molecule has 1 atom stereocenters. The zero-order valence-corrected chi connectivity index (χ0v) is 16.7. The van der Waals surface area contributed by atoms with Crippen LogP contribution >= 0.6 is 0 Å². The van der Waals surface area contributed by atoms with Gasteiger partial charge in [-0.25, -0.2) is 0 Å². The third-order valence-corrected chi connectivity index (χ3v) is 4.73. The molecule has 1 aliphatic rings. The Morgan fingerprint density at radius 2 is 1.93 bits per heavy atom. The number of nitro benzene ring substituents is 1. The molecule has 1 unspecified atom stereocenters. The second-order valence-corrected chi connectivity index (χ2v) is 7.52. The van der Waals surface area contributed by atoms with E-state index in [1.165, 1.54) is 26.4 Å². The number of benzene rings is 1. The number of nitrogens with one attached hydrogen (secondary N) is 1. The molecule has 2 heterocycles. The normalized spacial score (nSPS) is 15.9. The van der Waals surface area contributed by atoms with Gasteiger partial charge in [0, 0.05) is 16.7 Å². The third-order valence-electron chi connectivity index (χ3n) is 4.73.